The number of furan rings is 1. The molecular weight excluding hydrogens is 372 g/mol. The highest BCUT2D eigenvalue weighted by atomic mass is 32.2. The number of rotatable bonds is 8. The predicted molar refractivity (Wildman–Crippen MR) is 100 cm³/mol. The van der Waals surface area contributed by atoms with Crippen molar-refractivity contribution in [3.8, 4) is 0 Å². The zero-order valence-electron chi connectivity index (χ0n) is 15.4. The van der Waals surface area contributed by atoms with Crippen molar-refractivity contribution in [3.05, 3.63) is 53.0 Å². The molecule has 2 aromatic rings. The number of carboxylic acid groups (broad SMARTS) is 1. The van der Waals surface area contributed by atoms with Gasteiger partial charge >= 0.3 is 5.97 Å². The van der Waals surface area contributed by atoms with E-state index in [2.05, 4.69) is 4.72 Å². The first-order chi connectivity index (χ1) is 12.6. The number of amides is 1. The summed E-state index contributed by atoms with van der Waals surface area (Å²) in [6, 6.07) is 7.58. The Bertz CT molecular complexity index is 949. The standard InChI is InChI=1S/C18H22N2O6S/c1-4-8-27(24,25)19-14-7-5-6-13(9-14)17(21)20(3)11-15-10-16(18(22)23)12(2)26-15/h5-7,9-10,19H,4,8,11H2,1-3H3,(H,22,23). The Morgan fingerprint density at radius 1 is 1.26 bits per heavy atom. The van der Waals surface area contributed by atoms with Crippen LogP contribution in [0.2, 0.25) is 0 Å². The second kappa shape index (κ2) is 8.26. The van der Waals surface area contributed by atoms with Crippen LogP contribution in [0.3, 0.4) is 0 Å². The van der Waals surface area contributed by atoms with Gasteiger partial charge in [0.15, 0.2) is 0 Å². The van der Waals surface area contributed by atoms with E-state index >= 15 is 0 Å². The van der Waals surface area contributed by atoms with Gasteiger partial charge in [0, 0.05) is 18.3 Å². The molecule has 0 aliphatic carbocycles. The SMILES string of the molecule is CCCS(=O)(=O)Nc1cccc(C(=O)N(C)Cc2cc(C(=O)O)c(C)o2)c1. The van der Waals surface area contributed by atoms with Crippen molar-refractivity contribution < 1.29 is 27.5 Å². The van der Waals surface area contributed by atoms with Gasteiger partial charge in [0.1, 0.15) is 17.1 Å². The third-order valence-corrected chi connectivity index (χ3v) is 5.29. The lowest BCUT2D eigenvalue weighted by Crippen LogP contribution is -2.26. The topological polar surface area (TPSA) is 117 Å². The minimum atomic E-state index is -3.45. The monoisotopic (exact) mass is 394 g/mol. The molecule has 0 bridgehead atoms. The van der Waals surface area contributed by atoms with Gasteiger partial charge < -0.3 is 14.4 Å². The van der Waals surface area contributed by atoms with Crippen LogP contribution in [0.5, 0.6) is 0 Å². The number of aryl methyl sites for hydroxylation is 1. The van der Waals surface area contributed by atoms with Gasteiger partial charge in [-0.05, 0) is 37.6 Å². The Kier molecular flexibility index (Phi) is 6.27. The van der Waals surface area contributed by atoms with E-state index in [4.69, 9.17) is 9.52 Å². The van der Waals surface area contributed by atoms with Crippen molar-refractivity contribution in [2.75, 3.05) is 17.5 Å². The normalized spacial score (nSPS) is 11.2. The molecule has 1 aromatic carbocycles. The molecule has 2 rings (SSSR count). The van der Waals surface area contributed by atoms with Crippen LogP contribution in [-0.2, 0) is 16.6 Å². The van der Waals surface area contributed by atoms with Crippen LogP contribution < -0.4 is 4.72 Å². The van der Waals surface area contributed by atoms with Gasteiger partial charge in [0.25, 0.3) is 5.91 Å². The highest BCUT2D eigenvalue weighted by molar-refractivity contribution is 7.92. The van der Waals surface area contributed by atoms with Crippen LogP contribution in [0.4, 0.5) is 5.69 Å². The summed E-state index contributed by atoms with van der Waals surface area (Å²) in [7, 11) is -1.90. The molecule has 0 spiro atoms. The number of hydrogen-bond donors (Lipinski definition) is 2. The summed E-state index contributed by atoms with van der Waals surface area (Å²) in [5, 5.41) is 9.07. The van der Waals surface area contributed by atoms with Crippen molar-refractivity contribution in [1.29, 1.82) is 0 Å². The summed E-state index contributed by atoms with van der Waals surface area (Å²) in [5.41, 5.74) is 0.666. The van der Waals surface area contributed by atoms with Gasteiger partial charge in [-0.15, -0.1) is 0 Å². The van der Waals surface area contributed by atoms with Gasteiger partial charge in [0.05, 0.1) is 12.3 Å². The van der Waals surface area contributed by atoms with Crippen molar-refractivity contribution in [2.45, 2.75) is 26.8 Å². The number of benzene rings is 1. The Morgan fingerprint density at radius 3 is 2.56 bits per heavy atom. The van der Waals surface area contributed by atoms with E-state index < -0.39 is 16.0 Å². The minimum absolute atomic E-state index is 0.00513. The minimum Gasteiger partial charge on any atom is -0.478 e. The Hall–Kier alpha value is -2.81. The van der Waals surface area contributed by atoms with E-state index in [1.165, 1.54) is 17.0 Å². The number of anilines is 1. The highest BCUT2D eigenvalue weighted by Gasteiger charge is 2.18. The highest BCUT2D eigenvalue weighted by Crippen LogP contribution is 2.18. The Balaban J connectivity index is 2.14. The van der Waals surface area contributed by atoms with E-state index in [0.717, 1.165) is 0 Å². The number of aromatic carboxylic acids is 1. The molecule has 0 saturated heterocycles. The van der Waals surface area contributed by atoms with Crippen LogP contribution in [0.25, 0.3) is 0 Å². The molecule has 1 amide bonds. The second-order valence-electron chi connectivity index (χ2n) is 6.15. The molecule has 0 radical (unpaired) electrons. The largest absolute Gasteiger partial charge is 0.478 e. The van der Waals surface area contributed by atoms with Gasteiger partial charge in [0.2, 0.25) is 10.0 Å². The number of hydrogen-bond acceptors (Lipinski definition) is 5. The average Bonchev–Trinajstić information content (AvgIpc) is 2.94. The van der Waals surface area contributed by atoms with Crippen molar-refractivity contribution in [2.24, 2.45) is 0 Å². The lowest BCUT2D eigenvalue weighted by atomic mass is 10.2. The van der Waals surface area contributed by atoms with Crippen LogP contribution in [0, 0.1) is 6.92 Å². The van der Waals surface area contributed by atoms with Crippen molar-refractivity contribution in [1.82, 2.24) is 4.90 Å². The number of nitrogens with zero attached hydrogens (tertiary/aromatic N) is 1. The summed E-state index contributed by atoms with van der Waals surface area (Å²) in [6.07, 6.45) is 0.484. The van der Waals surface area contributed by atoms with Crippen LogP contribution in [-0.4, -0.2) is 43.1 Å². The molecule has 8 nitrogen and oxygen atoms in total. The van der Waals surface area contributed by atoms with Gasteiger partial charge in [-0.1, -0.05) is 13.0 Å². The van der Waals surface area contributed by atoms with Crippen LogP contribution in [0.15, 0.2) is 34.7 Å². The molecule has 2 N–H and O–H groups in total. The smallest absolute Gasteiger partial charge is 0.339 e. The summed E-state index contributed by atoms with van der Waals surface area (Å²) in [4.78, 5) is 25.1. The molecule has 9 heteroatoms. The molecular formula is C18H22N2O6S. The van der Waals surface area contributed by atoms with E-state index in [-0.39, 0.29) is 29.5 Å². The molecule has 0 saturated carbocycles. The number of sulfonamides is 1. The Labute approximate surface area is 157 Å². The first-order valence-corrected chi connectivity index (χ1v) is 9.96. The molecule has 27 heavy (non-hydrogen) atoms. The van der Waals surface area contributed by atoms with Crippen LogP contribution >= 0.6 is 0 Å². The lowest BCUT2D eigenvalue weighted by Gasteiger charge is -2.16. The maximum atomic E-state index is 12.6. The summed E-state index contributed by atoms with van der Waals surface area (Å²) >= 11 is 0. The van der Waals surface area contributed by atoms with Crippen molar-refractivity contribution in [3.63, 3.8) is 0 Å². The maximum Gasteiger partial charge on any atom is 0.339 e. The molecule has 0 unspecified atom stereocenters. The van der Waals surface area contributed by atoms with E-state index in [1.54, 1.807) is 39.1 Å². The zero-order valence-corrected chi connectivity index (χ0v) is 16.2. The predicted octanol–water partition coefficient (Wildman–Crippen LogP) is 2.71. The average molecular weight is 394 g/mol. The second-order valence-corrected chi connectivity index (χ2v) is 7.99. The van der Waals surface area contributed by atoms with Crippen molar-refractivity contribution >= 4 is 27.6 Å². The molecule has 0 atom stereocenters. The first-order valence-electron chi connectivity index (χ1n) is 8.31. The van der Waals surface area contributed by atoms with Crippen LogP contribution in [0.1, 0.15) is 45.6 Å². The number of carboxylic acids is 1. The van der Waals surface area contributed by atoms with Gasteiger partial charge in [-0.2, -0.15) is 0 Å². The lowest BCUT2D eigenvalue weighted by molar-refractivity contribution is 0.0694. The number of carbonyl (C=O) groups excluding carboxylic acids is 1. The molecule has 146 valence electrons. The molecule has 1 aromatic heterocycles. The quantitative estimate of drug-likeness (QED) is 0.711. The third-order valence-electron chi connectivity index (χ3n) is 3.79. The molecule has 0 aliphatic rings. The number of nitrogens with one attached hydrogen (secondary N) is 1. The zero-order chi connectivity index (χ0) is 20.2. The molecule has 0 aliphatic heterocycles. The summed E-state index contributed by atoms with van der Waals surface area (Å²) in [5.74, 6) is -0.832. The Morgan fingerprint density at radius 2 is 1.96 bits per heavy atom. The summed E-state index contributed by atoms with van der Waals surface area (Å²) in [6.45, 7) is 3.39. The van der Waals surface area contributed by atoms with Gasteiger partial charge in [-0.25, -0.2) is 13.2 Å². The fourth-order valence-electron chi connectivity index (χ4n) is 2.57. The van der Waals surface area contributed by atoms with E-state index in [1.807, 2.05) is 0 Å². The first kappa shape index (κ1) is 20.5. The maximum absolute atomic E-state index is 12.6. The van der Waals surface area contributed by atoms with E-state index in [9.17, 15) is 18.0 Å². The summed E-state index contributed by atoms with van der Waals surface area (Å²) < 4.78 is 31.6. The third kappa shape index (κ3) is 5.33. The fraction of sp³-hybridized carbons (Fsp3) is 0.333. The van der Waals surface area contributed by atoms with E-state index in [0.29, 0.717) is 23.4 Å². The molecule has 1 heterocycles. The molecule has 0 fully saturated rings. The fourth-order valence-corrected chi connectivity index (χ4v) is 3.70. The number of carbonyl (C=O) groups is 2. The van der Waals surface area contributed by atoms with Gasteiger partial charge in [-0.3, -0.25) is 9.52 Å².